The number of nitrogens with one attached hydrogen (secondary N) is 1. The summed E-state index contributed by atoms with van der Waals surface area (Å²) in [7, 11) is 0. The number of hydrogen-bond acceptors (Lipinski definition) is 5. The first-order valence-electron chi connectivity index (χ1n) is 5.69. The van der Waals surface area contributed by atoms with Crippen LogP contribution >= 0.6 is 12.9 Å². The number of ketones is 1. The lowest BCUT2D eigenvalue weighted by atomic mass is 10.0. The summed E-state index contributed by atoms with van der Waals surface area (Å²) in [5, 5.41) is 0. The highest BCUT2D eigenvalue weighted by Crippen LogP contribution is 2.11. The summed E-state index contributed by atoms with van der Waals surface area (Å²) in [5.41, 5.74) is 3.43. The van der Waals surface area contributed by atoms with Crippen molar-refractivity contribution in [3.63, 3.8) is 0 Å². The molecule has 5 nitrogen and oxygen atoms in total. The fourth-order valence-electron chi connectivity index (χ4n) is 1.64. The Balaban J connectivity index is 2.12. The third kappa shape index (κ3) is 3.45. The van der Waals surface area contributed by atoms with Crippen LogP contribution in [-0.2, 0) is 9.32 Å². The number of rotatable bonds is 5. The number of hydroxylamine groups is 1. The van der Waals surface area contributed by atoms with E-state index in [1.54, 1.807) is 36.4 Å². The second-order valence-electron chi connectivity index (χ2n) is 3.86. The van der Waals surface area contributed by atoms with E-state index in [1.165, 1.54) is 12.1 Å². The van der Waals surface area contributed by atoms with Crippen LogP contribution in [0.4, 0.5) is 0 Å². The topological polar surface area (TPSA) is 64.6 Å². The van der Waals surface area contributed by atoms with Crippen LogP contribution in [-0.4, -0.2) is 11.7 Å². The third-order valence-corrected chi connectivity index (χ3v) is 2.69. The molecule has 0 aliphatic heterocycles. The van der Waals surface area contributed by atoms with E-state index < -0.39 is 5.91 Å². The zero-order valence-electron chi connectivity index (χ0n) is 10.3. The van der Waals surface area contributed by atoms with Crippen LogP contribution in [0.25, 0.3) is 0 Å². The molecule has 0 spiro atoms. The van der Waals surface area contributed by atoms with Crippen LogP contribution < -0.4 is 5.48 Å². The molecule has 2 rings (SSSR count). The molecular formula is C14H11NO4S. The standard InChI is InChI=1S/C14H11NO4S/c16-13(10-4-2-1-3-5-10)11-6-8-12(9-7-11)14(17)15-18-19-20/h1-9,20H,(H,15,17). The Bertz CT molecular complexity index is 598. The molecule has 0 unspecified atom stereocenters. The van der Waals surface area contributed by atoms with Crippen LogP contribution in [0.2, 0.25) is 0 Å². The van der Waals surface area contributed by atoms with Gasteiger partial charge in [0.1, 0.15) is 0 Å². The molecule has 1 N–H and O–H groups in total. The van der Waals surface area contributed by atoms with Gasteiger partial charge in [-0.1, -0.05) is 47.5 Å². The molecule has 20 heavy (non-hydrogen) atoms. The highest BCUT2D eigenvalue weighted by molar-refractivity contribution is 7.74. The molecular weight excluding hydrogens is 278 g/mol. The third-order valence-electron chi connectivity index (χ3n) is 2.62. The van der Waals surface area contributed by atoms with Crippen molar-refractivity contribution in [3.8, 4) is 0 Å². The minimum atomic E-state index is -0.502. The highest BCUT2D eigenvalue weighted by atomic mass is 32.1. The molecule has 0 aliphatic rings. The van der Waals surface area contributed by atoms with Gasteiger partial charge >= 0.3 is 0 Å². The zero-order valence-corrected chi connectivity index (χ0v) is 11.2. The van der Waals surface area contributed by atoms with Gasteiger partial charge in [0, 0.05) is 29.6 Å². The van der Waals surface area contributed by atoms with Crippen LogP contribution in [0.3, 0.4) is 0 Å². The number of hydrogen-bond donors (Lipinski definition) is 2. The van der Waals surface area contributed by atoms with Crippen LogP contribution in [0, 0.1) is 0 Å². The van der Waals surface area contributed by atoms with E-state index in [0.717, 1.165) is 0 Å². The van der Waals surface area contributed by atoms with Crippen molar-refractivity contribution in [1.82, 2.24) is 5.48 Å². The normalized spacial score (nSPS) is 10.1. The lowest BCUT2D eigenvalue weighted by Crippen LogP contribution is -2.22. The van der Waals surface area contributed by atoms with E-state index in [1.807, 2.05) is 11.5 Å². The van der Waals surface area contributed by atoms with Gasteiger partial charge in [-0.3, -0.25) is 9.59 Å². The first kappa shape index (κ1) is 14.3. The summed E-state index contributed by atoms with van der Waals surface area (Å²) in [6.07, 6.45) is 0. The molecule has 0 saturated carbocycles. The SMILES string of the molecule is O=C(NOOS)c1ccc(C(=O)c2ccccc2)cc1. The van der Waals surface area contributed by atoms with Crippen molar-refractivity contribution in [2.24, 2.45) is 0 Å². The molecule has 0 fully saturated rings. The van der Waals surface area contributed by atoms with Crippen LogP contribution in [0.1, 0.15) is 26.3 Å². The van der Waals surface area contributed by atoms with Gasteiger partial charge in [-0.25, -0.2) is 0 Å². The van der Waals surface area contributed by atoms with Gasteiger partial charge in [-0.2, -0.15) is 5.48 Å². The van der Waals surface area contributed by atoms with E-state index >= 15 is 0 Å². The molecule has 6 heteroatoms. The highest BCUT2D eigenvalue weighted by Gasteiger charge is 2.10. The van der Waals surface area contributed by atoms with Crippen molar-refractivity contribution in [2.75, 3.05) is 0 Å². The lowest BCUT2D eigenvalue weighted by Gasteiger charge is -2.04. The average Bonchev–Trinajstić information content (AvgIpc) is 2.53. The monoisotopic (exact) mass is 289 g/mol. The van der Waals surface area contributed by atoms with Gasteiger partial charge in [-0.05, 0) is 12.1 Å². The van der Waals surface area contributed by atoms with Crippen LogP contribution in [0.15, 0.2) is 54.6 Å². The maximum absolute atomic E-state index is 12.1. The van der Waals surface area contributed by atoms with Crippen molar-refractivity contribution >= 4 is 24.6 Å². The van der Waals surface area contributed by atoms with Gasteiger partial charge in [0.15, 0.2) is 5.78 Å². The molecule has 0 bridgehead atoms. The second-order valence-corrected chi connectivity index (χ2v) is 4.01. The smallest absolute Gasteiger partial charge is 0.277 e. The van der Waals surface area contributed by atoms with E-state index in [0.29, 0.717) is 16.7 Å². The molecule has 0 saturated heterocycles. The van der Waals surface area contributed by atoms with E-state index in [-0.39, 0.29) is 5.78 Å². The van der Waals surface area contributed by atoms with Gasteiger partial charge in [0.25, 0.3) is 5.91 Å². The molecule has 0 radical (unpaired) electrons. The number of benzene rings is 2. The Kier molecular flexibility index (Phi) is 4.89. The molecule has 0 aromatic heterocycles. The van der Waals surface area contributed by atoms with Crippen molar-refractivity contribution in [3.05, 3.63) is 71.3 Å². The Morgan fingerprint density at radius 3 is 2.00 bits per heavy atom. The molecule has 2 aromatic rings. The van der Waals surface area contributed by atoms with Gasteiger partial charge < -0.3 is 0 Å². The predicted octanol–water partition coefficient (Wildman–Crippen LogP) is 2.36. The summed E-state index contributed by atoms with van der Waals surface area (Å²) in [4.78, 5) is 27.9. The quantitative estimate of drug-likeness (QED) is 0.291. The summed E-state index contributed by atoms with van der Waals surface area (Å²) >= 11 is 3.31. The van der Waals surface area contributed by atoms with Crippen molar-refractivity contribution in [2.45, 2.75) is 0 Å². The fourth-order valence-corrected chi connectivity index (χ4v) is 1.68. The second kappa shape index (κ2) is 6.85. The minimum absolute atomic E-state index is 0.104. The molecule has 0 heterocycles. The summed E-state index contributed by atoms with van der Waals surface area (Å²) in [6.45, 7) is 0. The Hall–Kier alpha value is -2.15. The molecule has 1 amide bonds. The van der Waals surface area contributed by atoms with E-state index in [2.05, 4.69) is 22.2 Å². The molecule has 0 atom stereocenters. The molecule has 2 aromatic carbocycles. The number of amides is 1. The minimum Gasteiger partial charge on any atom is -0.289 e. The average molecular weight is 289 g/mol. The summed E-state index contributed by atoms with van der Waals surface area (Å²) in [6, 6.07) is 15.1. The predicted molar refractivity (Wildman–Crippen MR) is 74.9 cm³/mol. The molecule has 0 aliphatic carbocycles. The van der Waals surface area contributed by atoms with Crippen molar-refractivity contribution < 1.29 is 18.9 Å². The fraction of sp³-hybridized carbons (Fsp3) is 0. The van der Waals surface area contributed by atoms with Gasteiger partial charge in [-0.15, -0.1) is 4.33 Å². The van der Waals surface area contributed by atoms with Gasteiger partial charge in [0.05, 0.1) is 0 Å². The lowest BCUT2D eigenvalue weighted by molar-refractivity contribution is -0.227. The Morgan fingerprint density at radius 1 is 0.850 bits per heavy atom. The maximum atomic E-state index is 12.1. The molecule has 102 valence electrons. The Labute approximate surface area is 121 Å². The summed E-state index contributed by atoms with van der Waals surface area (Å²) < 4.78 is 3.96. The van der Waals surface area contributed by atoms with E-state index in [9.17, 15) is 9.59 Å². The number of carbonyl (C=O) groups is 2. The first-order chi connectivity index (χ1) is 9.72. The zero-order chi connectivity index (χ0) is 14.4. The number of carbonyl (C=O) groups excluding carboxylic acids is 2. The van der Waals surface area contributed by atoms with E-state index in [4.69, 9.17) is 0 Å². The largest absolute Gasteiger partial charge is 0.289 e. The van der Waals surface area contributed by atoms with Crippen molar-refractivity contribution in [1.29, 1.82) is 0 Å². The number of thiol groups is 1. The first-order valence-corrected chi connectivity index (χ1v) is 6.06. The van der Waals surface area contributed by atoms with Gasteiger partial charge in [0.2, 0.25) is 0 Å². The maximum Gasteiger partial charge on any atom is 0.277 e. The Morgan fingerprint density at radius 2 is 1.40 bits per heavy atom. The van der Waals surface area contributed by atoms with Crippen LogP contribution in [0.5, 0.6) is 0 Å². The summed E-state index contributed by atoms with van der Waals surface area (Å²) in [5.74, 6) is -0.606.